The van der Waals surface area contributed by atoms with Crippen molar-refractivity contribution < 1.29 is 4.79 Å². The van der Waals surface area contributed by atoms with Crippen LogP contribution >= 0.6 is 23.3 Å². The van der Waals surface area contributed by atoms with Gasteiger partial charge in [-0.3, -0.25) is 4.79 Å². The topological polar surface area (TPSA) is 32.3 Å². The Bertz CT molecular complexity index is 959. The number of anilines is 3. The Labute approximate surface area is 203 Å². The lowest BCUT2D eigenvalue weighted by atomic mass is 9.66. The van der Waals surface area contributed by atoms with E-state index in [4.69, 9.17) is 0 Å². The number of thiophene rings is 1. The molecule has 1 aliphatic carbocycles. The summed E-state index contributed by atoms with van der Waals surface area (Å²) in [5.41, 5.74) is 6.18. The van der Waals surface area contributed by atoms with Gasteiger partial charge in [-0.25, -0.2) is 0 Å². The Morgan fingerprint density at radius 1 is 1.19 bits per heavy atom. The molecule has 0 saturated heterocycles. The number of carbonyl (C=O) groups is 1. The quantitative estimate of drug-likeness (QED) is 0.225. The van der Waals surface area contributed by atoms with E-state index >= 15 is 0 Å². The zero-order chi connectivity index (χ0) is 23.7. The van der Waals surface area contributed by atoms with Crippen LogP contribution in [0.4, 0.5) is 16.4 Å². The molecule has 0 saturated carbocycles. The van der Waals surface area contributed by atoms with E-state index in [0.717, 1.165) is 36.4 Å². The van der Waals surface area contributed by atoms with Crippen molar-refractivity contribution in [3.63, 3.8) is 0 Å². The largest absolute Gasteiger partial charge is 0.333 e. The van der Waals surface area contributed by atoms with E-state index in [1.807, 2.05) is 17.4 Å². The second-order valence-corrected chi connectivity index (χ2v) is 12.7. The number of nitrogens with zero attached hydrogens (tertiary/aromatic N) is 1. The molecule has 0 aliphatic heterocycles. The molecular weight excluding hydrogens is 432 g/mol. The first-order chi connectivity index (χ1) is 15.0. The average molecular weight is 473 g/mol. The molecule has 1 aromatic carbocycles. The molecule has 0 bridgehead atoms. The summed E-state index contributed by atoms with van der Waals surface area (Å²) in [5, 5.41) is 1.36. The van der Waals surface area contributed by atoms with Crippen LogP contribution in [0.1, 0.15) is 94.1 Å². The summed E-state index contributed by atoms with van der Waals surface area (Å²) >= 11 is 3.65. The predicted molar refractivity (Wildman–Crippen MR) is 144 cm³/mol. The highest BCUT2D eigenvalue weighted by molar-refractivity contribution is 8.00. The van der Waals surface area contributed by atoms with Gasteiger partial charge in [-0.05, 0) is 72.3 Å². The second kappa shape index (κ2) is 9.80. The fourth-order valence-corrected chi connectivity index (χ4v) is 7.01. The van der Waals surface area contributed by atoms with Crippen molar-refractivity contribution in [1.29, 1.82) is 0 Å². The lowest BCUT2D eigenvalue weighted by Gasteiger charge is -2.39. The van der Waals surface area contributed by atoms with Crippen molar-refractivity contribution in [2.45, 2.75) is 85.5 Å². The highest BCUT2D eigenvalue weighted by atomic mass is 32.2. The monoisotopic (exact) mass is 472 g/mol. The van der Waals surface area contributed by atoms with Crippen molar-refractivity contribution in [2.75, 3.05) is 21.9 Å². The molecule has 2 aromatic rings. The van der Waals surface area contributed by atoms with Gasteiger partial charge in [0.1, 0.15) is 0 Å². The molecule has 3 rings (SSSR count). The van der Waals surface area contributed by atoms with Crippen LogP contribution < -0.4 is 9.62 Å². The van der Waals surface area contributed by atoms with Crippen molar-refractivity contribution in [2.24, 2.45) is 5.92 Å². The Kier molecular flexibility index (Phi) is 7.71. The minimum absolute atomic E-state index is 0.206. The van der Waals surface area contributed by atoms with E-state index in [9.17, 15) is 4.79 Å². The molecule has 3 nitrogen and oxygen atoms in total. The number of hydrogen-bond donors (Lipinski definition) is 1. The van der Waals surface area contributed by atoms with Crippen molar-refractivity contribution >= 4 is 45.9 Å². The van der Waals surface area contributed by atoms with Gasteiger partial charge >= 0.3 is 0 Å². The van der Waals surface area contributed by atoms with E-state index in [2.05, 4.69) is 77.1 Å². The highest BCUT2D eigenvalue weighted by Crippen LogP contribution is 2.54. The average Bonchev–Trinajstić information content (AvgIpc) is 3.09. The fourth-order valence-electron chi connectivity index (χ4n) is 4.72. The van der Waals surface area contributed by atoms with Gasteiger partial charge in [0.25, 0.3) is 0 Å². The van der Waals surface area contributed by atoms with Gasteiger partial charge in [-0.1, -0.05) is 60.4 Å². The third kappa shape index (κ3) is 5.04. The predicted octanol–water partition coefficient (Wildman–Crippen LogP) is 8.48. The molecule has 1 N–H and O–H groups in total. The standard InChI is InChI=1S/C27H40N2OS2/c1-9-14-31-28-22-15-21(11-10-20(22)17-30)29(16-18(2)3)25-19(4)23-24(32-25)27(7,8)13-12-26(23,5)6/h10-11,15,17-18,28H,9,12-14,16H2,1-8H3. The number of benzene rings is 1. The van der Waals surface area contributed by atoms with Gasteiger partial charge in [0, 0.05) is 28.4 Å². The summed E-state index contributed by atoms with van der Waals surface area (Å²) in [4.78, 5) is 15.7. The molecule has 0 spiro atoms. The lowest BCUT2D eigenvalue weighted by molar-refractivity contribution is 0.112. The van der Waals surface area contributed by atoms with Crippen LogP contribution in [0.5, 0.6) is 0 Å². The molecule has 0 unspecified atom stereocenters. The Morgan fingerprint density at radius 3 is 2.47 bits per heavy atom. The molecule has 32 heavy (non-hydrogen) atoms. The number of nitrogens with one attached hydrogen (secondary N) is 1. The minimum Gasteiger partial charge on any atom is -0.333 e. The molecule has 5 heteroatoms. The van der Waals surface area contributed by atoms with Gasteiger partial charge in [0.2, 0.25) is 0 Å². The van der Waals surface area contributed by atoms with Gasteiger partial charge in [0.15, 0.2) is 6.29 Å². The maximum Gasteiger partial charge on any atom is 0.152 e. The smallest absolute Gasteiger partial charge is 0.152 e. The van der Waals surface area contributed by atoms with Crippen LogP contribution in [0.2, 0.25) is 0 Å². The van der Waals surface area contributed by atoms with E-state index in [1.165, 1.54) is 23.4 Å². The number of rotatable bonds is 9. The summed E-state index contributed by atoms with van der Waals surface area (Å²) in [6, 6.07) is 6.22. The van der Waals surface area contributed by atoms with Crippen LogP contribution in [-0.4, -0.2) is 18.6 Å². The van der Waals surface area contributed by atoms with Crippen LogP contribution in [0, 0.1) is 12.8 Å². The zero-order valence-corrected chi connectivity index (χ0v) is 22.7. The third-order valence-corrected chi connectivity index (χ3v) is 9.20. The van der Waals surface area contributed by atoms with Crippen molar-refractivity contribution in [3.05, 3.63) is 39.8 Å². The molecule has 1 aliphatic rings. The maximum absolute atomic E-state index is 11.7. The fraction of sp³-hybridized carbons (Fsp3) is 0.593. The number of hydrogen-bond acceptors (Lipinski definition) is 5. The first kappa shape index (κ1) is 25.2. The van der Waals surface area contributed by atoms with Gasteiger partial charge in [-0.15, -0.1) is 11.3 Å². The molecule has 0 fully saturated rings. The molecule has 0 amide bonds. The summed E-state index contributed by atoms with van der Waals surface area (Å²) in [6.45, 7) is 19.6. The lowest BCUT2D eigenvalue weighted by Crippen LogP contribution is -2.32. The summed E-state index contributed by atoms with van der Waals surface area (Å²) in [7, 11) is 0. The van der Waals surface area contributed by atoms with Crippen molar-refractivity contribution in [3.8, 4) is 0 Å². The normalized spacial score (nSPS) is 16.7. The van der Waals surface area contributed by atoms with Crippen molar-refractivity contribution in [1.82, 2.24) is 0 Å². The SMILES string of the molecule is CCCSNc1cc(N(CC(C)C)c2sc3c(c2C)C(C)(C)CCC3(C)C)ccc1C=O. The molecule has 0 atom stereocenters. The summed E-state index contributed by atoms with van der Waals surface area (Å²) in [5.74, 6) is 1.53. The van der Waals surface area contributed by atoms with Crippen LogP contribution in [0.25, 0.3) is 0 Å². The molecule has 1 aromatic heterocycles. The van der Waals surface area contributed by atoms with Gasteiger partial charge in [0.05, 0.1) is 10.7 Å². The highest BCUT2D eigenvalue weighted by Gasteiger charge is 2.41. The van der Waals surface area contributed by atoms with Crippen LogP contribution in [-0.2, 0) is 10.8 Å². The minimum atomic E-state index is 0.206. The number of fused-ring (bicyclic) bond motifs is 1. The van der Waals surface area contributed by atoms with E-state index < -0.39 is 0 Å². The first-order valence-corrected chi connectivity index (χ1v) is 13.7. The van der Waals surface area contributed by atoms with E-state index in [0.29, 0.717) is 11.5 Å². The van der Waals surface area contributed by atoms with E-state index in [-0.39, 0.29) is 10.8 Å². The second-order valence-electron chi connectivity index (χ2n) is 10.8. The summed E-state index contributed by atoms with van der Waals surface area (Å²) < 4.78 is 3.42. The van der Waals surface area contributed by atoms with Gasteiger partial charge in [-0.2, -0.15) is 0 Å². The Morgan fingerprint density at radius 2 is 1.88 bits per heavy atom. The van der Waals surface area contributed by atoms with Gasteiger partial charge < -0.3 is 9.62 Å². The number of aldehydes is 1. The zero-order valence-electron chi connectivity index (χ0n) is 21.1. The van der Waals surface area contributed by atoms with Crippen LogP contribution in [0.15, 0.2) is 18.2 Å². The number of carbonyl (C=O) groups excluding carboxylic acids is 1. The maximum atomic E-state index is 11.7. The Hall–Kier alpha value is -1.46. The molecule has 1 heterocycles. The van der Waals surface area contributed by atoms with Crippen LogP contribution in [0.3, 0.4) is 0 Å². The van der Waals surface area contributed by atoms with E-state index in [1.54, 1.807) is 22.4 Å². The molecule has 176 valence electrons. The molecule has 0 radical (unpaired) electrons. The molecular formula is C27H40N2OS2. The summed E-state index contributed by atoms with van der Waals surface area (Å²) in [6.07, 6.45) is 4.50. The first-order valence-electron chi connectivity index (χ1n) is 11.9. The third-order valence-electron chi connectivity index (χ3n) is 6.54. The Balaban J connectivity index is 2.12.